The van der Waals surface area contributed by atoms with Crippen LogP contribution in [0.5, 0.6) is 0 Å². The second-order valence-corrected chi connectivity index (χ2v) is 6.91. The molecule has 0 N–H and O–H groups in total. The van der Waals surface area contributed by atoms with E-state index in [-0.39, 0.29) is 18.5 Å². The van der Waals surface area contributed by atoms with E-state index < -0.39 is 17.8 Å². The molecule has 1 aliphatic carbocycles. The third kappa shape index (κ3) is 2.62. The summed E-state index contributed by atoms with van der Waals surface area (Å²) in [6.45, 7) is 2.58. The standard InChI is InChI=1S/C16H23N3O4/c1-10-7-8-18(12-6-4-3-5-11(10)12)13(20)9-19-15(22)14(21)17(2)16(19)23/h10-12H,3-9H2,1-2H3/t10-,11-,12+/m1/s1. The van der Waals surface area contributed by atoms with Crippen molar-refractivity contribution in [1.29, 1.82) is 0 Å². The van der Waals surface area contributed by atoms with Crippen molar-refractivity contribution in [2.24, 2.45) is 11.8 Å². The summed E-state index contributed by atoms with van der Waals surface area (Å²) in [6, 6.07) is -0.500. The summed E-state index contributed by atoms with van der Waals surface area (Å²) < 4.78 is 0. The zero-order chi connectivity index (χ0) is 16.7. The summed E-state index contributed by atoms with van der Waals surface area (Å²) >= 11 is 0. The Kier molecular flexibility index (Phi) is 4.12. The average Bonchev–Trinajstić information content (AvgIpc) is 2.73. The molecule has 5 amide bonds. The van der Waals surface area contributed by atoms with E-state index in [2.05, 4.69) is 6.92 Å². The van der Waals surface area contributed by atoms with E-state index >= 15 is 0 Å². The molecule has 0 bridgehead atoms. The smallest absolute Gasteiger partial charge is 0.334 e. The lowest BCUT2D eigenvalue weighted by Gasteiger charge is -2.47. The number of hydrogen-bond donors (Lipinski definition) is 0. The number of likely N-dealkylation sites (N-methyl/N-ethyl adjacent to an activating group) is 1. The second kappa shape index (κ2) is 5.94. The highest BCUT2D eigenvalue weighted by molar-refractivity contribution is 6.44. The predicted octanol–water partition coefficient (Wildman–Crippen LogP) is 0.834. The van der Waals surface area contributed by atoms with Crippen molar-refractivity contribution in [3.63, 3.8) is 0 Å². The molecule has 3 fully saturated rings. The molecule has 0 aromatic rings. The number of likely N-dealkylation sites (tertiary alicyclic amines) is 1. The lowest BCUT2D eigenvalue weighted by Crippen LogP contribution is -2.55. The largest absolute Gasteiger partial charge is 0.338 e. The van der Waals surface area contributed by atoms with Crippen LogP contribution < -0.4 is 0 Å². The van der Waals surface area contributed by atoms with Crippen molar-refractivity contribution in [1.82, 2.24) is 14.7 Å². The van der Waals surface area contributed by atoms with Crippen LogP contribution in [0.1, 0.15) is 39.0 Å². The molecule has 0 spiro atoms. The number of carbonyl (C=O) groups excluding carboxylic acids is 4. The highest BCUT2D eigenvalue weighted by atomic mass is 16.2. The molecule has 7 nitrogen and oxygen atoms in total. The van der Waals surface area contributed by atoms with Crippen LogP contribution in [0.15, 0.2) is 0 Å². The maximum Gasteiger partial charge on any atom is 0.334 e. The molecule has 7 heteroatoms. The average molecular weight is 321 g/mol. The number of carbonyl (C=O) groups is 4. The normalized spacial score (nSPS) is 31.7. The SMILES string of the molecule is C[C@@H]1CCN(C(=O)CN2C(=O)C(=O)N(C)C2=O)[C@H]2CCCC[C@H]12. The summed E-state index contributed by atoms with van der Waals surface area (Å²) in [5, 5.41) is 0. The third-order valence-corrected chi connectivity index (χ3v) is 5.60. The van der Waals surface area contributed by atoms with Gasteiger partial charge in [0.25, 0.3) is 0 Å². The van der Waals surface area contributed by atoms with Crippen LogP contribution in [0.3, 0.4) is 0 Å². The topological polar surface area (TPSA) is 78.0 Å². The molecule has 0 radical (unpaired) electrons. The van der Waals surface area contributed by atoms with Crippen molar-refractivity contribution >= 4 is 23.8 Å². The highest BCUT2D eigenvalue weighted by Crippen LogP contribution is 2.38. The first-order valence-corrected chi connectivity index (χ1v) is 8.34. The second-order valence-electron chi connectivity index (χ2n) is 6.91. The van der Waals surface area contributed by atoms with E-state index in [9.17, 15) is 19.2 Å². The van der Waals surface area contributed by atoms with Gasteiger partial charge in [0.15, 0.2) is 0 Å². The van der Waals surface area contributed by atoms with Gasteiger partial charge in [0.2, 0.25) is 5.91 Å². The maximum atomic E-state index is 12.7. The van der Waals surface area contributed by atoms with Gasteiger partial charge in [-0.15, -0.1) is 0 Å². The summed E-state index contributed by atoms with van der Waals surface area (Å²) in [4.78, 5) is 51.3. The van der Waals surface area contributed by atoms with Crippen LogP contribution in [-0.2, 0) is 14.4 Å². The first-order chi connectivity index (χ1) is 10.9. The molecule has 3 rings (SSSR count). The Bertz CT molecular complexity index is 562. The van der Waals surface area contributed by atoms with Crippen molar-refractivity contribution in [3.8, 4) is 0 Å². The number of fused-ring (bicyclic) bond motifs is 1. The Labute approximate surface area is 135 Å². The molecule has 0 unspecified atom stereocenters. The van der Waals surface area contributed by atoms with Gasteiger partial charge in [-0.2, -0.15) is 0 Å². The summed E-state index contributed by atoms with van der Waals surface area (Å²) in [5.74, 6) is -0.886. The molecule has 2 heterocycles. The van der Waals surface area contributed by atoms with Gasteiger partial charge in [-0.3, -0.25) is 19.3 Å². The van der Waals surface area contributed by atoms with E-state index in [0.29, 0.717) is 18.4 Å². The van der Waals surface area contributed by atoms with Gasteiger partial charge in [0.1, 0.15) is 6.54 Å². The van der Waals surface area contributed by atoms with Gasteiger partial charge in [-0.25, -0.2) is 9.69 Å². The minimum Gasteiger partial charge on any atom is -0.338 e. The molecule has 0 aromatic heterocycles. The van der Waals surface area contributed by atoms with Gasteiger partial charge in [0, 0.05) is 19.6 Å². The number of urea groups is 1. The maximum absolute atomic E-state index is 12.7. The van der Waals surface area contributed by atoms with Crippen LogP contribution >= 0.6 is 0 Å². The third-order valence-electron chi connectivity index (χ3n) is 5.60. The minimum absolute atomic E-state index is 0.209. The van der Waals surface area contributed by atoms with E-state index in [1.54, 1.807) is 0 Å². The number of rotatable bonds is 2. The number of nitrogens with zero attached hydrogens (tertiary/aromatic N) is 3. The van der Waals surface area contributed by atoms with Gasteiger partial charge >= 0.3 is 17.8 Å². The number of hydrogen-bond acceptors (Lipinski definition) is 4. The fraction of sp³-hybridized carbons (Fsp3) is 0.750. The molecular weight excluding hydrogens is 298 g/mol. The van der Waals surface area contributed by atoms with Crippen LogP contribution in [0.4, 0.5) is 4.79 Å². The van der Waals surface area contributed by atoms with Gasteiger partial charge in [-0.05, 0) is 31.1 Å². The molecule has 2 aliphatic heterocycles. The Morgan fingerprint density at radius 1 is 1.09 bits per heavy atom. The molecule has 23 heavy (non-hydrogen) atoms. The van der Waals surface area contributed by atoms with Crippen molar-refractivity contribution in [3.05, 3.63) is 0 Å². The highest BCUT2D eigenvalue weighted by Gasteiger charge is 2.45. The van der Waals surface area contributed by atoms with Crippen LogP contribution in [-0.4, -0.2) is 64.6 Å². The fourth-order valence-electron chi connectivity index (χ4n) is 4.20. The van der Waals surface area contributed by atoms with Crippen molar-refractivity contribution in [2.75, 3.05) is 20.1 Å². The molecular formula is C16H23N3O4. The Morgan fingerprint density at radius 2 is 1.78 bits per heavy atom. The van der Waals surface area contributed by atoms with E-state index in [4.69, 9.17) is 0 Å². The number of amides is 5. The monoisotopic (exact) mass is 321 g/mol. The van der Waals surface area contributed by atoms with Crippen molar-refractivity contribution in [2.45, 2.75) is 45.1 Å². The van der Waals surface area contributed by atoms with E-state index in [1.165, 1.54) is 13.5 Å². The zero-order valence-electron chi connectivity index (χ0n) is 13.7. The summed E-state index contributed by atoms with van der Waals surface area (Å²) in [5.41, 5.74) is 0. The van der Waals surface area contributed by atoms with E-state index in [0.717, 1.165) is 35.5 Å². The molecule has 0 aromatic carbocycles. The molecule has 3 atom stereocenters. The first kappa shape index (κ1) is 16.0. The number of piperidine rings is 1. The fourth-order valence-corrected chi connectivity index (χ4v) is 4.20. The van der Waals surface area contributed by atoms with Gasteiger partial charge in [0.05, 0.1) is 0 Å². The van der Waals surface area contributed by atoms with Gasteiger partial charge < -0.3 is 4.90 Å². The number of imide groups is 2. The molecule has 3 aliphatic rings. The quantitative estimate of drug-likeness (QED) is 0.557. The summed E-state index contributed by atoms with van der Waals surface area (Å²) in [7, 11) is 1.26. The molecule has 126 valence electrons. The van der Waals surface area contributed by atoms with Crippen LogP contribution in [0, 0.1) is 11.8 Å². The van der Waals surface area contributed by atoms with Crippen LogP contribution in [0.25, 0.3) is 0 Å². The lowest BCUT2D eigenvalue weighted by atomic mass is 9.72. The Hall–Kier alpha value is -1.92. The predicted molar refractivity (Wildman–Crippen MR) is 81.1 cm³/mol. The lowest BCUT2D eigenvalue weighted by molar-refractivity contribution is -0.146. The molecule has 2 saturated heterocycles. The Balaban J connectivity index is 1.72. The van der Waals surface area contributed by atoms with Gasteiger partial charge in [-0.1, -0.05) is 19.8 Å². The zero-order valence-corrected chi connectivity index (χ0v) is 13.7. The first-order valence-electron chi connectivity index (χ1n) is 8.34. The molecule has 1 saturated carbocycles. The Morgan fingerprint density at radius 3 is 2.43 bits per heavy atom. The minimum atomic E-state index is -0.906. The van der Waals surface area contributed by atoms with Crippen molar-refractivity contribution < 1.29 is 19.2 Å². The van der Waals surface area contributed by atoms with Crippen LogP contribution in [0.2, 0.25) is 0 Å². The van der Waals surface area contributed by atoms with E-state index in [1.807, 2.05) is 4.90 Å². The summed E-state index contributed by atoms with van der Waals surface area (Å²) in [6.07, 6.45) is 5.39.